The number of thiazole rings is 1. The zero-order chi connectivity index (χ0) is 21.6. The van der Waals surface area contributed by atoms with Gasteiger partial charge in [-0.15, -0.1) is 11.3 Å². The number of benzene rings is 1. The van der Waals surface area contributed by atoms with E-state index in [0.717, 1.165) is 54.2 Å². The number of piperidine rings is 1. The van der Waals surface area contributed by atoms with Crippen molar-refractivity contribution in [2.45, 2.75) is 32.6 Å². The van der Waals surface area contributed by atoms with E-state index in [1.807, 2.05) is 53.6 Å². The molecule has 0 atom stereocenters. The Bertz CT molecular complexity index is 1030. The number of carbonyl (C=O) groups is 2. The van der Waals surface area contributed by atoms with Gasteiger partial charge in [-0.1, -0.05) is 17.7 Å². The van der Waals surface area contributed by atoms with Crippen LogP contribution in [-0.4, -0.2) is 46.3 Å². The summed E-state index contributed by atoms with van der Waals surface area (Å²) in [5, 5.41) is 2.74. The average Bonchev–Trinajstić information content (AvgIpc) is 3.27. The van der Waals surface area contributed by atoms with Gasteiger partial charge in [-0.05, 0) is 50.5 Å². The molecule has 2 aromatic heterocycles. The van der Waals surface area contributed by atoms with E-state index in [-0.39, 0.29) is 24.8 Å². The van der Waals surface area contributed by atoms with E-state index in [1.165, 1.54) is 11.3 Å². The van der Waals surface area contributed by atoms with E-state index >= 15 is 0 Å². The van der Waals surface area contributed by atoms with Crippen molar-refractivity contribution in [1.82, 2.24) is 14.9 Å². The number of aromatic nitrogens is 2. The summed E-state index contributed by atoms with van der Waals surface area (Å²) in [7, 11) is 0. The zero-order valence-corrected chi connectivity index (χ0v) is 18.5. The first kappa shape index (κ1) is 21.2. The van der Waals surface area contributed by atoms with E-state index in [1.54, 1.807) is 17.3 Å². The van der Waals surface area contributed by atoms with Gasteiger partial charge in [-0.25, -0.2) is 4.98 Å². The summed E-state index contributed by atoms with van der Waals surface area (Å²) in [6.07, 6.45) is 6.85. The lowest BCUT2D eigenvalue weighted by Gasteiger charge is -2.30. The molecule has 1 aromatic carbocycles. The number of likely N-dealkylation sites (tertiary alicyclic amines) is 1. The lowest BCUT2D eigenvalue weighted by atomic mass is 10.1. The van der Waals surface area contributed by atoms with Gasteiger partial charge in [0.2, 0.25) is 11.8 Å². The van der Waals surface area contributed by atoms with Crippen molar-refractivity contribution in [2.75, 3.05) is 24.5 Å². The summed E-state index contributed by atoms with van der Waals surface area (Å²) in [6.45, 7) is 3.61. The summed E-state index contributed by atoms with van der Waals surface area (Å²) in [5.74, 6) is -0.125. The first-order valence-corrected chi connectivity index (χ1v) is 11.5. The SMILES string of the molecule is Cc1ccc(N(CC(=O)N2CCCCC2)C(=O)Cc2csc(-c3cccnc3)n2)cc1. The molecular formula is C24H26N4O2S. The largest absolute Gasteiger partial charge is 0.341 e. The van der Waals surface area contributed by atoms with Crippen LogP contribution in [0, 0.1) is 6.92 Å². The van der Waals surface area contributed by atoms with Crippen molar-refractivity contribution >= 4 is 28.8 Å². The normalized spacial score (nSPS) is 13.8. The fraction of sp³-hybridized carbons (Fsp3) is 0.333. The minimum Gasteiger partial charge on any atom is -0.341 e. The molecule has 7 heteroatoms. The molecule has 3 heterocycles. The molecule has 2 amide bonds. The molecule has 0 saturated carbocycles. The van der Waals surface area contributed by atoms with Crippen LogP contribution in [0.25, 0.3) is 10.6 Å². The Morgan fingerprint density at radius 1 is 1.10 bits per heavy atom. The highest BCUT2D eigenvalue weighted by Gasteiger charge is 2.24. The number of nitrogens with zero attached hydrogens (tertiary/aromatic N) is 4. The van der Waals surface area contributed by atoms with E-state index in [2.05, 4.69) is 9.97 Å². The van der Waals surface area contributed by atoms with Crippen LogP contribution in [0.5, 0.6) is 0 Å². The lowest BCUT2D eigenvalue weighted by molar-refractivity contribution is -0.132. The van der Waals surface area contributed by atoms with Crippen LogP contribution >= 0.6 is 11.3 Å². The third-order valence-corrected chi connectivity index (χ3v) is 6.38. The van der Waals surface area contributed by atoms with Crippen LogP contribution in [0.2, 0.25) is 0 Å². The van der Waals surface area contributed by atoms with Gasteiger partial charge in [-0.3, -0.25) is 14.6 Å². The van der Waals surface area contributed by atoms with Crippen LogP contribution in [0.3, 0.4) is 0 Å². The number of anilines is 1. The molecule has 1 saturated heterocycles. The standard InChI is InChI=1S/C24H26N4O2S/c1-18-7-9-21(10-8-18)28(16-23(30)27-12-3-2-4-13-27)22(29)14-20-17-31-24(26-20)19-6-5-11-25-15-19/h5-11,15,17H,2-4,12-14,16H2,1H3. The minimum atomic E-state index is -0.128. The van der Waals surface area contributed by atoms with Gasteiger partial charge >= 0.3 is 0 Å². The van der Waals surface area contributed by atoms with Gasteiger partial charge in [0.15, 0.2) is 0 Å². The van der Waals surface area contributed by atoms with Crippen molar-refractivity contribution in [3.63, 3.8) is 0 Å². The highest BCUT2D eigenvalue weighted by atomic mass is 32.1. The van der Waals surface area contributed by atoms with Crippen molar-refractivity contribution < 1.29 is 9.59 Å². The molecule has 6 nitrogen and oxygen atoms in total. The number of carbonyl (C=O) groups excluding carboxylic acids is 2. The predicted molar refractivity (Wildman–Crippen MR) is 123 cm³/mol. The maximum absolute atomic E-state index is 13.3. The second-order valence-electron chi connectivity index (χ2n) is 7.82. The van der Waals surface area contributed by atoms with E-state index < -0.39 is 0 Å². The van der Waals surface area contributed by atoms with Crippen molar-refractivity contribution in [3.8, 4) is 10.6 Å². The number of pyridine rings is 1. The average molecular weight is 435 g/mol. The molecule has 31 heavy (non-hydrogen) atoms. The van der Waals surface area contributed by atoms with Gasteiger partial charge in [0.25, 0.3) is 0 Å². The quantitative estimate of drug-likeness (QED) is 0.586. The Balaban J connectivity index is 1.51. The Morgan fingerprint density at radius 3 is 2.58 bits per heavy atom. The highest BCUT2D eigenvalue weighted by molar-refractivity contribution is 7.13. The summed E-state index contributed by atoms with van der Waals surface area (Å²) >= 11 is 1.49. The number of amides is 2. The number of hydrogen-bond donors (Lipinski definition) is 0. The molecule has 0 N–H and O–H groups in total. The van der Waals surface area contributed by atoms with Gasteiger partial charge in [-0.2, -0.15) is 0 Å². The third kappa shape index (κ3) is 5.35. The maximum atomic E-state index is 13.3. The fourth-order valence-electron chi connectivity index (χ4n) is 3.69. The Labute approximate surface area is 186 Å². The molecule has 0 radical (unpaired) electrons. The number of hydrogen-bond acceptors (Lipinski definition) is 5. The van der Waals surface area contributed by atoms with Gasteiger partial charge in [0.05, 0.1) is 12.1 Å². The monoisotopic (exact) mass is 434 g/mol. The molecule has 1 aliphatic heterocycles. The van der Waals surface area contributed by atoms with Gasteiger partial charge in [0, 0.05) is 42.1 Å². The van der Waals surface area contributed by atoms with E-state index in [9.17, 15) is 9.59 Å². The summed E-state index contributed by atoms with van der Waals surface area (Å²) < 4.78 is 0. The topological polar surface area (TPSA) is 66.4 Å². The minimum absolute atomic E-state index is 0.00273. The van der Waals surface area contributed by atoms with E-state index in [0.29, 0.717) is 5.69 Å². The molecule has 4 rings (SSSR count). The molecule has 3 aromatic rings. The molecular weight excluding hydrogens is 408 g/mol. The van der Waals surface area contributed by atoms with Crippen LogP contribution < -0.4 is 4.90 Å². The smallest absolute Gasteiger partial charge is 0.242 e. The molecule has 1 aliphatic rings. The van der Waals surface area contributed by atoms with Crippen LogP contribution in [0.4, 0.5) is 5.69 Å². The Kier molecular flexibility index (Phi) is 6.72. The lowest BCUT2D eigenvalue weighted by Crippen LogP contribution is -2.45. The molecule has 1 fully saturated rings. The zero-order valence-electron chi connectivity index (χ0n) is 17.7. The van der Waals surface area contributed by atoms with Crippen LogP contribution in [-0.2, 0) is 16.0 Å². The Hall–Kier alpha value is -3.06. The van der Waals surface area contributed by atoms with Gasteiger partial charge in [0.1, 0.15) is 11.6 Å². The molecule has 160 valence electrons. The second kappa shape index (κ2) is 9.83. The van der Waals surface area contributed by atoms with Crippen LogP contribution in [0.15, 0.2) is 54.2 Å². The summed E-state index contributed by atoms with van der Waals surface area (Å²) in [5.41, 5.74) is 3.49. The maximum Gasteiger partial charge on any atom is 0.242 e. The fourth-order valence-corrected chi connectivity index (χ4v) is 4.50. The summed E-state index contributed by atoms with van der Waals surface area (Å²) in [6, 6.07) is 11.5. The van der Waals surface area contributed by atoms with E-state index in [4.69, 9.17) is 0 Å². The molecule has 0 aliphatic carbocycles. The third-order valence-electron chi connectivity index (χ3n) is 5.44. The first-order valence-electron chi connectivity index (χ1n) is 10.6. The highest BCUT2D eigenvalue weighted by Crippen LogP contribution is 2.24. The van der Waals surface area contributed by atoms with Crippen molar-refractivity contribution in [1.29, 1.82) is 0 Å². The van der Waals surface area contributed by atoms with Crippen LogP contribution in [0.1, 0.15) is 30.5 Å². The van der Waals surface area contributed by atoms with Crippen molar-refractivity contribution in [2.24, 2.45) is 0 Å². The van der Waals surface area contributed by atoms with Crippen molar-refractivity contribution in [3.05, 3.63) is 65.4 Å². The van der Waals surface area contributed by atoms with Gasteiger partial charge < -0.3 is 9.80 Å². The number of rotatable bonds is 6. The first-order chi connectivity index (χ1) is 15.1. The summed E-state index contributed by atoms with van der Waals surface area (Å²) in [4.78, 5) is 38.4. The Morgan fingerprint density at radius 2 is 1.87 bits per heavy atom. The second-order valence-corrected chi connectivity index (χ2v) is 8.68. The molecule has 0 bridgehead atoms. The molecule has 0 unspecified atom stereocenters. The number of aryl methyl sites for hydroxylation is 1. The predicted octanol–water partition coefficient (Wildman–Crippen LogP) is 4.10. The molecule has 0 spiro atoms.